The summed E-state index contributed by atoms with van der Waals surface area (Å²) in [6.45, 7) is 4.94. The van der Waals surface area contributed by atoms with Crippen molar-refractivity contribution in [2.75, 3.05) is 5.32 Å². The Balaban J connectivity index is 2.04. The van der Waals surface area contributed by atoms with E-state index in [1.54, 1.807) is 0 Å². The smallest absolute Gasteiger partial charge is 0.224 e. The predicted octanol–water partition coefficient (Wildman–Crippen LogP) is 4.00. The third-order valence-corrected chi connectivity index (χ3v) is 3.02. The van der Waals surface area contributed by atoms with Crippen LogP contribution in [0.25, 0.3) is 0 Å². The second-order valence-corrected chi connectivity index (χ2v) is 4.94. The van der Waals surface area contributed by atoms with Crippen LogP contribution in [-0.2, 0) is 13.0 Å². The lowest BCUT2D eigenvalue weighted by molar-refractivity contribution is 0.871. The van der Waals surface area contributed by atoms with Crippen molar-refractivity contribution >= 4 is 17.4 Å². The molecule has 4 heteroatoms. The first kappa shape index (κ1) is 13.8. The van der Waals surface area contributed by atoms with Gasteiger partial charge >= 0.3 is 0 Å². The summed E-state index contributed by atoms with van der Waals surface area (Å²) in [6, 6.07) is 10.4. The third-order valence-electron chi connectivity index (χ3n) is 2.85. The van der Waals surface area contributed by atoms with Gasteiger partial charge in [0.1, 0.15) is 5.82 Å². The van der Waals surface area contributed by atoms with Crippen molar-refractivity contribution < 1.29 is 0 Å². The first-order valence-electron chi connectivity index (χ1n) is 6.50. The van der Waals surface area contributed by atoms with Gasteiger partial charge in [-0.15, -0.1) is 0 Å². The Hall–Kier alpha value is -1.61. The molecule has 100 valence electrons. The second kappa shape index (κ2) is 6.53. The second-order valence-electron chi connectivity index (χ2n) is 4.60. The van der Waals surface area contributed by atoms with Crippen LogP contribution >= 0.6 is 11.6 Å². The molecule has 0 aliphatic rings. The topological polar surface area (TPSA) is 37.8 Å². The number of nitrogens with one attached hydrogen (secondary N) is 1. The van der Waals surface area contributed by atoms with Gasteiger partial charge in [0.25, 0.3) is 0 Å². The highest BCUT2D eigenvalue weighted by atomic mass is 35.5. The summed E-state index contributed by atoms with van der Waals surface area (Å²) in [7, 11) is 0. The summed E-state index contributed by atoms with van der Waals surface area (Å²) in [6.07, 6.45) is 1.96. The van der Waals surface area contributed by atoms with E-state index >= 15 is 0 Å². The van der Waals surface area contributed by atoms with E-state index < -0.39 is 0 Å². The van der Waals surface area contributed by atoms with Crippen molar-refractivity contribution in [3.05, 3.63) is 52.4 Å². The van der Waals surface area contributed by atoms with Gasteiger partial charge in [0.15, 0.2) is 0 Å². The maximum absolute atomic E-state index is 5.93. The number of rotatable bonds is 5. The van der Waals surface area contributed by atoms with Gasteiger partial charge in [-0.05, 0) is 30.5 Å². The van der Waals surface area contributed by atoms with Crippen LogP contribution in [0.2, 0.25) is 5.28 Å². The SMILES string of the molecule is CCCc1cc(NCc2ccc(C)cc2)nc(Cl)n1. The zero-order valence-corrected chi connectivity index (χ0v) is 12.0. The molecule has 0 saturated carbocycles. The Bertz CT molecular complexity index is 538. The fraction of sp³-hybridized carbons (Fsp3) is 0.333. The summed E-state index contributed by atoms with van der Waals surface area (Å²) in [5, 5.41) is 3.59. The minimum Gasteiger partial charge on any atom is -0.366 e. The average molecular weight is 276 g/mol. The van der Waals surface area contributed by atoms with Gasteiger partial charge in [-0.3, -0.25) is 0 Å². The van der Waals surface area contributed by atoms with E-state index in [9.17, 15) is 0 Å². The van der Waals surface area contributed by atoms with Crippen LogP contribution in [0.3, 0.4) is 0 Å². The van der Waals surface area contributed by atoms with Crippen LogP contribution in [0, 0.1) is 6.92 Å². The maximum Gasteiger partial charge on any atom is 0.224 e. The summed E-state index contributed by atoms with van der Waals surface area (Å²) < 4.78 is 0. The number of benzene rings is 1. The normalized spacial score (nSPS) is 10.5. The molecule has 19 heavy (non-hydrogen) atoms. The van der Waals surface area contributed by atoms with Crippen molar-refractivity contribution in [1.82, 2.24) is 9.97 Å². The zero-order valence-electron chi connectivity index (χ0n) is 11.3. The van der Waals surface area contributed by atoms with Gasteiger partial charge < -0.3 is 5.32 Å². The average Bonchev–Trinajstić information content (AvgIpc) is 2.38. The number of halogens is 1. The molecule has 0 unspecified atom stereocenters. The Labute approximate surface area is 119 Å². The molecule has 0 amide bonds. The van der Waals surface area contributed by atoms with E-state index in [-0.39, 0.29) is 0 Å². The molecule has 0 aliphatic heterocycles. The fourth-order valence-electron chi connectivity index (χ4n) is 1.84. The zero-order chi connectivity index (χ0) is 13.7. The molecule has 1 heterocycles. The molecule has 0 aliphatic carbocycles. The summed E-state index contributed by atoms with van der Waals surface area (Å²) in [5.41, 5.74) is 3.46. The molecule has 1 aromatic heterocycles. The van der Waals surface area contributed by atoms with Gasteiger partial charge in [-0.2, -0.15) is 0 Å². The van der Waals surface area contributed by atoms with E-state index in [1.807, 2.05) is 6.07 Å². The van der Waals surface area contributed by atoms with Crippen LogP contribution in [-0.4, -0.2) is 9.97 Å². The Morgan fingerprint density at radius 2 is 1.89 bits per heavy atom. The van der Waals surface area contributed by atoms with E-state index in [0.29, 0.717) is 5.28 Å². The molecule has 0 saturated heterocycles. The molecule has 2 aromatic rings. The monoisotopic (exact) mass is 275 g/mol. The van der Waals surface area contributed by atoms with E-state index in [2.05, 4.69) is 53.4 Å². The number of aryl methyl sites for hydroxylation is 2. The standard InChI is InChI=1S/C15H18ClN3/c1-3-4-13-9-14(19-15(16)18-13)17-10-12-7-5-11(2)6-8-12/h5-9H,3-4,10H2,1-2H3,(H,17,18,19). The molecular weight excluding hydrogens is 258 g/mol. The predicted molar refractivity (Wildman–Crippen MR) is 79.5 cm³/mol. The molecule has 0 bridgehead atoms. The van der Waals surface area contributed by atoms with Gasteiger partial charge in [0.2, 0.25) is 5.28 Å². The number of aromatic nitrogens is 2. The highest BCUT2D eigenvalue weighted by molar-refractivity contribution is 6.28. The number of nitrogens with zero attached hydrogens (tertiary/aromatic N) is 2. The lowest BCUT2D eigenvalue weighted by Gasteiger charge is -2.08. The minimum absolute atomic E-state index is 0.303. The maximum atomic E-state index is 5.93. The van der Waals surface area contributed by atoms with Crippen molar-refractivity contribution in [2.24, 2.45) is 0 Å². The fourth-order valence-corrected chi connectivity index (χ4v) is 2.04. The molecule has 1 N–H and O–H groups in total. The van der Waals surface area contributed by atoms with Crippen molar-refractivity contribution in [3.63, 3.8) is 0 Å². The van der Waals surface area contributed by atoms with Gasteiger partial charge in [0, 0.05) is 18.3 Å². The van der Waals surface area contributed by atoms with Crippen molar-refractivity contribution in [1.29, 1.82) is 0 Å². The molecule has 0 fully saturated rings. The molecule has 0 atom stereocenters. The molecular formula is C15H18ClN3. The van der Waals surface area contributed by atoms with Crippen molar-refractivity contribution in [3.8, 4) is 0 Å². The van der Waals surface area contributed by atoms with E-state index in [1.165, 1.54) is 11.1 Å². The Morgan fingerprint density at radius 1 is 1.16 bits per heavy atom. The van der Waals surface area contributed by atoms with Crippen LogP contribution in [0.1, 0.15) is 30.2 Å². The highest BCUT2D eigenvalue weighted by Gasteiger charge is 2.02. The van der Waals surface area contributed by atoms with Crippen LogP contribution in [0.4, 0.5) is 5.82 Å². The van der Waals surface area contributed by atoms with Gasteiger partial charge in [-0.1, -0.05) is 43.2 Å². The Kier molecular flexibility index (Phi) is 4.74. The first-order valence-corrected chi connectivity index (χ1v) is 6.88. The lowest BCUT2D eigenvalue weighted by Crippen LogP contribution is -2.04. The van der Waals surface area contributed by atoms with Crippen molar-refractivity contribution in [2.45, 2.75) is 33.2 Å². The summed E-state index contributed by atoms with van der Waals surface area (Å²) in [4.78, 5) is 8.40. The first-order chi connectivity index (χ1) is 9.17. The molecule has 0 radical (unpaired) electrons. The molecule has 1 aromatic carbocycles. The Morgan fingerprint density at radius 3 is 2.58 bits per heavy atom. The highest BCUT2D eigenvalue weighted by Crippen LogP contribution is 2.13. The van der Waals surface area contributed by atoms with Gasteiger partial charge in [-0.25, -0.2) is 9.97 Å². The quantitative estimate of drug-likeness (QED) is 0.838. The van der Waals surface area contributed by atoms with Crippen LogP contribution < -0.4 is 5.32 Å². The van der Waals surface area contributed by atoms with Crippen LogP contribution in [0.5, 0.6) is 0 Å². The number of anilines is 1. The lowest BCUT2D eigenvalue weighted by atomic mass is 10.1. The number of hydrogen-bond donors (Lipinski definition) is 1. The summed E-state index contributed by atoms with van der Waals surface area (Å²) in [5.74, 6) is 0.782. The molecule has 2 rings (SSSR count). The number of hydrogen-bond acceptors (Lipinski definition) is 3. The van der Waals surface area contributed by atoms with Crippen LogP contribution in [0.15, 0.2) is 30.3 Å². The van der Waals surface area contributed by atoms with Gasteiger partial charge in [0.05, 0.1) is 0 Å². The largest absolute Gasteiger partial charge is 0.366 e. The molecule has 0 spiro atoms. The summed E-state index contributed by atoms with van der Waals surface area (Å²) >= 11 is 5.93. The third kappa shape index (κ3) is 4.21. The minimum atomic E-state index is 0.303. The van der Waals surface area contributed by atoms with E-state index in [4.69, 9.17) is 11.6 Å². The van der Waals surface area contributed by atoms with E-state index in [0.717, 1.165) is 30.9 Å². The molecule has 3 nitrogen and oxygen atoms in total.